The van der Waals surface area contributed by atoms with E-state index in [2.05, 4.69) is 68.1 Å². The van der Waals surface area contributed by atoms with Gasteiger partial charge in [0.25, 0.3) is 0 Å². The number of nitrogens with two attached hydrogens (primary N) is 1. The van der Waals surface area contributed by atoms with Crippen molar-refractivity contribution in [2.75, 3.05) is 27.3 Å². The first-order valence-electron chi connectivity index (χ1n) is 17.8. The minimum absolute atomic E-state index is 0.152. The summed E-state index contributed by atoms with van der Waals surface area (Å²) in [4.78, 5) is 0. The van der Waals surface area contributed by atoms with Crippen molar-refractivity contribution >= 4 is 0 Å². The van der Waals surface area contributed by atoms with Gasteiger partial charge < -0.3 is 36.1 Å². The monoisotopic (exact) mass is 577 g/mol. The zero-order valence-electron chi connectivity index (χ0n) is 27.7. The van der Waals surface area contributed by atoms with Crippen LogP contribution in [0.2, 0.25) is 0 Å². The molecule has 238 valence electrons. The molecule has 0 spiro atoms. The topological polar surface area (TPSA) is 83.2 Å². The summed E-state index contributed by atoms with van der Waals surface area (Å²) >= 11 is 0. The highest BCUT2D eigenvalue weighted by Crippen LogP contribution is 2.41. The molecular formula is C34H66N5O2+. The van der Waals surface area contributed by atoms with Gasteiger partial charge in [-0.3, -0.25) is 0 Å². The molecule has 1 saturated carbocycles. The zero-order valence-corrected chi connectivity index (χ0v) is 27.7. The lowest BCUT2D eigenvalue weighted by Crippen LogP contribution is -2.94. The lowest BCUT2D eigenvalue weighted by Gasteiger charge is -2.42. The molecule has 0 aromatic carbocycles. The van der Waals surface area contributed by atoms with Crippen LogP contribution in [0.15, 0.2) is 0 Å². The van der Waals surface area contributed by atoms with Gasteiger partial charge in [-0.1, -0.05) is 60.8 Å². The second kappa shape index (κ2) is 14.2. The van der Waals surface area contributed by atoms with Crippen LogP contribution < -0.4 is 26.6 Å². The van der Waals surface area contributed by atoms with Crippen LogP contribution in [-0.4, -0.2) is 87.9 Å². The molecule has 16 unspecified atom stereocenters. The lowest BCUT2D eigenvalue weighted by atomic mass is 9.77. The van der Waals surface area contributed by atoms with Crippen LogP contribution in [0.1, 0.15) is 92.9 Å². The van der Waals surface area contributed by atoms with Crippen molar-refractivity contribution < 1.29 is 14.8 Å². The molecule has 4 saturated heterocycles. The Kier molecular flexibility index (Phi) is 11.1. The third kappa shape index (κ3) is 6.43. The Morgan fingerprint density at radius 1 is 0.537 bits per heavy atom. The van der Waals surface area contributed by atoms with E-state index in [1.807, 2.05) is 14.2 Å². The molecule has 16 atom stereocenters. The van der Waals surface area contributed by atoms with Gasteiger partial charge in [0, 0.05) is 81.8 Å². The highest BCUT2D eigenvalue weighted by molar-refractivity contribution is 5.05. The van der Waals surface area contributed by atoms with E-state index in [0.717, 1.165) is 61.6 Å². The van der Waals surface area contributed by atoms with Crippen LogP contribution in [0.5, 0.6) is 0 Å². The third-order valence-electron chi connectivity index (χ3n) is 13.3. The first-order chi connectivity index (χ1) is 19.9. The van der Waals surface area contributed by atoms with Gasteiger partial charge in [-0.15, -0.1) is 0 Å². The molecule has 0 radical (unpaired) electrons. The smallest absolute Gasteiger partial charge is 0.102 e. The van der Waals surface area contributed by atoms with Gasteiger partial charge in [0.05, 0.1) is 18.2 Å². The van der Waals surface area contributed by atoms with E-state index < -0.39 is 0 Å². The van der Waals surface area contributed by atoms with E-state index in [4.69, 9.17) is 9.47 Å². The van der Waals surface area contributed by atoms with Gasteiger partial charge in [-0.2, -0.15) is 0 Å². The van der Waals surface area contributed by atoms with Gasteiger partial charge in [-0.25, -0.2) is 0 Å². The molecule has 7 nitrogen and oxygen atoms in total. The maximum absolute atomic E-state index is 5.96. The Bertz CT molecular complexity index is 752. The van der Waals surface area contributed by atoms with Gasteiger partial charge in [0.15, 0.2) is 0 Å². The Morgan fingerprint density at radius 2 is 1.05 bits per heavy atom. The molecule has 5 rings (SSSR count). The number of quaternary nitrogens is 1. The number of methoxy groups -OCH3 is 2. The standard InChI is InChI=1S/C34H65N5O2/c1-9-21-19(5)31-17-35-29-15-33(40-7)34(41-8)16-30(29)36-18-32-20(6)22(10-2)26(39-32)14-28-24(12-4)23(11-3)27(37-28)13-25(21)38-31/h19-39H,9-18H2,1-8H3/p+1. The quantitative estimate of drug-likeness (QED) is 0.335. The van der Waals surface area contributed by atoms with E-state index in [1.54, 1.807) is 0 Å². The third-order valence-corrected chi connectivity index (χ3v) is 13.3. The van der Waals surface area contributed by atoms with Crippen molar-refractivity contribution in [3.05, 3.63) is 0 Å². The highest BCUT2D eigenvalue weighted by Gasteiger charge is 2.50. The van der Waals surface area contributed by atoms with Gasteiger partial charge in [0.1, 0.15) is 6.04 Å². The predicted molar refractivity (Wildman–Crippen MR) is 168 cm³/mol. The van der Waals surface area contributed by atoms with Gasteiger partial charge >= 0.3 is 0 Å². The summed E-state index contributed by atoms with van der Waals surface area (Å²) < 4.78 is 11.9. The van der Waals surface area contributed by atoms with E-state index in [1.165, 1.54) is 38.5 Å². The normalized spacial score (nSPS) is 50.9. The molecule has 1 aliphatic carbocycles. The van der Waals surface area contributed by atoms with E-state index in [0.29, 0.717) is 48.2 Å². The van der Waals surface area contributed by atoms with Crippen LogP contribution in [0, 0.1) is 35.5 Å². The van der Waals surface area contributed by atoms with Crippen molar-refractivity contribution in [1.82, 2.24) is 21.3 Å². The van der Waals surface area contributed by atoms with Crippen LogP contribution in [0.4, 0.5) is 0 Å². The summed E-state index contributed by atoms with van der Waals surface area (Å²) in [6, 6.07) is 4.61. The van der Waals surface area contributed by atoms with E-state index in [9.17, 15) is 0 Å². The molecule has 0 aromatic heterocycles. The average Bonchev–Trinajstić information content (AvgIpc) is 3.58. The summed E-state index contributed by atoms with van der Waals surface area (Å²) in [5, 5.41) is 19.5. The number of hydrogen-bond donors (Lipinski definition) is 5. The molecule has 4 aliphatic heterocycles. The van der Waals surface area contributed by atoms with Crippen molar-refractivity contribution in [3.63, 3.8) is 0 Å². The van der Waals surface area contributed by atoms with Crippen molar-refractivity contribution in [1.29, 1.82) is 0 Å². The van der Waals surface area contributed by atoms with Crippen LogP contribution in [-0.2, 0) is 9.47 Å². The fraction of sp³-hybridized carbons (Fsp3) is 1.00. The minimum atomic E-state index is 0.152. The number of nitrogens with one attached hydrogen (secondary N) is 4. The Labute approximate surface area is 252 Å². The second-order valence-corrected chi connectivity index (χ2v) is 14.8. The van der Waals surface area contributed by atoms with Crippen molar-refractivity contribution in [3.8, 4) is 0 Å². The first kappa shape index (κ1) is 32.1. The summed E-state index contributed by atoms with van der Waals surface area (Å²) in [7, 11) is 3.71. The van der Waals surface area contributed by atoms with Crippen LogP contribution in [0.25, 0.3) is 0 Å². The SMILES string of the molecule is CCC1C2CC3NC(CC4[NH2+]C(CNC5CC(OC)C(OC)CC5NCC(N2)C1C)C(C)C4CC)C(CC)C3CC. The number of hydrogen-bond acceptors (Lipinski definition) is 6. The molecular weight excluding hydrogens is 510 g/mol. The van der Waals surface area contributed by atoms with Crippen LogP contribution >= 0.6 is 0 Å². The van der Waals surface area contributed by atoms with Crippen molar-refractivity contribution in [2.24, 2.45) is 35.5 Å². The zero-order chi connectivity index (χ0) is 29.3. The molecule has 6 N–H and O–H groups in total. The molecule has 6 bridgehead atoms. The van der Waals surface area contributed by atoms with E-state index in [-0.39, 0.29) is 12.2 Å². The molecule has 41 heavy (non-hydrogen) atoms. The average molecular weight is 577 g/mol. The van der Waals surface area contributed by atoms with Gasteiger partial charge in [0.2, 0.25) is 0 Å². The lowest BCUT2D eigenvalue weighted by molar-refractivity contribution is -0.705. The largest absolute Gasteiger partial charge is 0.379 e. The molecule has 5 fully saturated rings. The molecule has 7 heteroatoms. The maximum Gasteiger partial charge on any atom is 0.102 e. The number of rotatable bonds is 6. The maximum atomic E-state index is 5.96. The number of fused-ring (bicyclic) bond motifs is 7. The van der Waals surface area contributed by atoms with Crippen molar-refractivity contribution in [2.45, 2.75) is 153 Å². The molecule has 5 aliphatic rings. The van der Waals surface area contributed by atoms with E-state index >= 15 is 0 Å². The first-order valence-corrected chi connectivity index (χ1v) is 17.8. The molecule has 0 aromatic rings. The summed E-state index contributed by atoms with van der Waals surface area (Å²) in [5.41, 5.74) is 0. The predicted octanol–water partition coefficient (Wildman–Crippen LogP) is 2.89. The molecule has 0 amide bonds. The second-order valence-electron chi connectivity index (χ2n) is 14.8. The Hall–Kier alpha value is -0.280. The fourth-order valence-electron chi connectivity index (χ4n) is 10.9. The van der Waals surface area contributed by atoms with Crippen LogP contribution in [0.3, 0.4) is 0 Å². The summed E-state index contributed by atoms with van der Waals surface area (Å²) in [6.07, 6.45) is 10.1. The Morgan fingerprint density at radius 3 is 1.61 bits per heavy atom. The summed E-state index contributed by atoms with van der Waals surface area (Å²) in [5.74, 6) is 4.58. The molecule has 4 heterocycles. The Balaban J connectivity index is 1.42. The fourth-order valence-corrected chi connectivity index (χ4v) is 10.9. The highest BCUT2D eigenvalue weighted by atomic mass is 16.5. The summed E-state index contributed by atoms with van der Waals surface area (Å²) in [6.45, 7) is 16.9. The van der Waals surface area contributed by atoms with Gasteiger partial charge in [-0.05, 0) is 49.4 Å². The minimum Gasteiger partial charge on any atom is -0.379 e. The number of ether oxygens (including phenoxy) is 2.